The van der Waals surface area contributed by atoms with Crippen molar-refractivity contribution in [3.8, 4) is 10.6 Å². The Morgan fingerprint density at radius 2 is 1.72 bits per heavy atom. The zero-order valence-electron chi connectivity index (χ0n) is 15.4. The number of fused-ring (bicyclic) bond motifs is 1. The zero-order valence-corrected chi connectivity index (χ0v) is 16.3. The van der Waals surface area contributed by atoms with E-state index in [0.717, 1.165) is 32.9 Å². The van der Waals surface area contributed by atoms with Gasteiger partial charge in [0.25, 0.3) is 0 Å². The molecule has 1 aromatic heterocycles. The molecule has 0 aliphatic rings. The van der Waals surface area contributed by atoms with Crippen molar-refractivity contribution in [2.45, 2.75) is 13.0 Å². The fourth-order valence-electron chi connectivity index (χ4n) is 2.90. The number of carbonyl (C=O) groups is 1. The number of carbonyl (C=O) groups excluding carboxylic acids is 1. The minimum Gasteiger partial charge on any atom is -0.374 e. The molecular weight excluding hydrogens is 392 g/mol. The summed E-state index contributed by atoms with van der Waals surface area (Å²) in [6.07, 6.45) is 0. The summed E-state index contributed by atoms with van der Waals surface area (Å²) in [6, 6.07) is 18.2. The molecule has 1 heterocycles. The van der Waals surface area contributed by atoms with Gasteiger partial charge in [-0.1, -0.05) is 30.3 Å². The van der Waals surface area contributed by atoms with E-state index in [1.54, 1.807) is 18.3 Å². The van der Waals surface area contributed by atoms with Crippen LogP contribution >= 0.6 is 11.3 Å². The summed E-state index contributed by atoms with van der Waals surface area (Å²) in [5, 5.41) is 6.24. The van der Waals surface area contributed by atoms with Crippen LogP contribution in [-0.2, 0) is 4.79 Å². The van der Waals surface area contributed by atoms with E-state index in [4.69, 9.17) is 0 Å². The van der Waals surface area contributed by atoms with Crippen LogP contribution in [0.2, 0.25) is 0 Å². The van der Waals surface area contributed by atoms with E-state index in [9.17, 15) is 13.6 Å². The topological polar surface area (TPSA) is 54.0 Å². The molecule has 2 N–H and O–H groups in total. The molecule has 4 aromatic rings. The first-order valence-corrected chi connectivity index (χ1v) is 9.80. The van der Waals surface area contributed by atoms with Gasteiger partial charge in [-0.05, 0) is 43.3 Å². The van der Waals surface area contributed by atoms with Gasteiger partial charge in [0.2, 0.25) is 5.91 Å². The van der Waals surface area contributed by atoms with Crippen LogP contribution in [0.1, 0.15) is 6.92 Å². The van der Waals surface area contributed by atoms with Crippen LogP contribution in [0.5, 0.6) is 0 Å². The Morgan fingerprint density at radius 3 is 2.48 bits per heavy atom. The SMILES string of the molecule is C[C@H](Nc1cccc(-c2nc3ccccc3s2)c1)C(=O)Nc1c(F)cccc1F. The number of nitrogens with one attached hydrogen (secondary N) is 2. The van der Waals surface area contributed by atoms with Crippen molar-refractivity contribution in [3.63, 3.8) is 0 Å². The maximum Gasteiger partial charge on any atom is 0.246 e. The highest BCUT2D eigenvalue weighted by Crippen LogP contribution is 2.31. The monoisotopic (exact) mass is 409 g/mol. The summed E-state index contributed by atoms with van der Waals surface area (Å²) in [7, 11) is 0. The van der Waals surface area contributed by atoms with Crippen molar-refractivity contribution in [2.24, 2.45) is 0 Å². The number of para-hydroxylation sites is 2. The van der Waals surface area contributed by atoms with Gasteiger partial charge in [0.05, 0.1) is 10.2 Å². The number of aromatic nitrogens is 1. The number of halogens is 2. The Hall–Kier alpha value is -3.32. The molecule has 0 fully saturated rings. The minimum atomic E-state index is -0.816. The number of nitrogens with zero attached hydrogens (tertiary/aromatic N) is 1. The number of hydrogen-bond acceptors (Lipinski definition) is 4. The molecule has 3 aromatic carbocycles. The van der Waals surface area contributed by atoms with Gasteiger partial charge in [0.15, 0.2) is 0 Å². The second kappa shape index (κ2) is 7.97. The maximum atomic E-state index is 13.7. The first-order chi connectivity index (χ1) is 14.0. The van der Waals surface area contributed by atoms with Crippen LogP contribution in [-0.4, -0.2) is 16.9 Å². The predicted molar refractivity (Wildman–Crippen MR) is 113 cm³/mol. The van der Waals surface area contributed by atoms with Crippen LogP contribution in [0.25, 0.3) is 20.8 Å². The Bertz CT molecular complexity index is 1140. The molecular formula is C22H17F2N3OS. The van der Waals surface area contributed by atoms with Crippen LogP contribution in [0.4, 0.5) is 20.2 Å². The second-order valence-electron chi connectivity index (χ2n) is 6.52. The average Bonchev–Trinajstić information content (AvgIpc) is 3.15. The quantitative estimate of drug-likeness (QED) is 0.446. The fourth-order valence-corrected chi connectivity index (χ4v) is 3.86. The molecule has 4 rings (SSSR count). The van der Waals surface area contributed by atoms with Crippen LogP contribution in [0.3, 0.4) is 0 Å². The molecule has 1 amide bonds. The van der Waals surface area contributed by atoms with Gasteiger partial charge in [0, 0.05) is 11.3 Å². The first kappa shape index (κ1) is 19.0. The molecule has 1 atom stereocenters. The molecule has 4 nitrogen and oxygen atoms in total. The van der Waals surface area contributed by atoms with Gasteiger partial charge in [-0.3, -0.25) is 4.79 Å². The molecule has 0 bridgehead atoms. The average molecular weight is 409 g/mol. The highest BCUT2D eigenvalue weighted by molar-refractivity contribution is 7.21. The lowest BCUT2D eigenvalue weighted by Crippen LogP contribution is -2.32. The lowest BCUT2D eigenvalue weighted by molar-refractivity contribution is -0.116. The summed E-state index contributed by atoms with van der Waals surface area (Å²) in [6.45, 7) is 1.62. The van der Waals surface area contributed by atoms with Crippen LogP contribution in [0.15, 0.2) is 66.7 Å². The molecule has 0 aliphatic heterocycles. The minimum absolute atomic E-state index is 0.450. The molecule has 146 valence electrons. The highest BCUT2D eigenvalue weighted by atomic mass is 32.1. The van der Waals surface area contributed by atoms with Crippen molar-refractivity contribution < 1.29 is 13.6 Å². The van der Waals surface area contributed by atoms with Gasteiger partial charge in [-0.25, -0.2) is 13.8 Å². The number of thiazole rings is 1. The third-order valence-electron chi connectivity index (χ3n) is 4.39. The van der Waals surface area contributed by atoms with Crippen LogP contribution < -0.4 is 10.6 Å². The summed E-state index contributed by atoms with van der Waals surface area (Å²) in [5.41, 5.74) is 2.11. The normalized spacial score (nSPS) is 12.0. The molecule has 0 unspecified atom stereocenters. The number of anilines is 2. The van der Waals surface area contributed by atoms with Gasteiger partial charge in [0.1, 0.15) is 28.4 Å². The van der Waals surface area contributed by atoms with E-state index in [2.05, 4.69) is 15.6 Å². The third kappa shape index (κ3) is 4.09. The maximum absolute atomic E-state index is 13.7. The number of amides is 1. The molecule has 29 heavy (non-hydrogen) atoms. The lowest BCUT2D eigenvalue weighted by Gasteiger charge is -2.16. The Balaban J connectivity index is 1.50. The zero-order chi connectivity index (χ0) is 20.4. The summed E-state index contributed by atoms with van der Waals surface area (Å²) < 4.78 is 28.6. The largest absolute Gasteiger partial charge is 0.374 e. The standard InChI is InChI=1S/C22H17F2N3OS/c1-13(21(28)27-20-16(23)8-5-9-17(20)24)25-15-7-4-6-14(12-15)22-26-18-10-2-3-11-19(18)29-22/h2-13,25H,1H3,(H,27,28)/t13-/m0/s1. The van der Waals surface area contributed by atoms with Gasteiger partial charge in [-0.2, -0.15) is 0 Å². The molecule has 0 radical (unpaired) electrons. The summed E-state index contributed by atoms with van der Waals surface area (Å²) >= 11 is 1.59. The molecule has 0 saturated carbocycles. The van der Waals surface area contributed by atoms with Crippen molar-refractivity contribution >= 4 is 38.8 Å². The fraction of sp³-hybridized carbons (Fsp3) is 0.0909. The highest BCUT2D eigenvalue weighted by Gasteiger charge is 2.17. The number of rotatable bonds is 5. The Morgan fingerprint density at radius 1 is 1.00 bits per heavy atom. The first-order valence-electron chi connectivity index (χ1n) is 8.98. The summed E-state index contributed by atoms with van der Waals surface area (Å²) in [4.78, 5) is 17.0. The third-order valence-corrected chi connectivity index (χ3v) is 5.48. The van der Waals surface area contributed by atoms with Crippen molar-refractivity contribution in [1.29, 1.82) is 0 Å². The Labute approximate surface area is 170 Å². The van der Waals surface area contributed by atoms with E-state index in [1.807, 2.05) is 48.5 Å². The van der Waals surface area contributed by atoms with Gasteiger partial charge >= 0.3 is 0 Å². The van der Waals surface area contributed by atoms with Crippen molar-refractivity contribution in [2.75, 3.05) is 10.6 Å². The molecule has 7 heteroatoms. The number of benzene rings is 3. The smallest absolute Gasteiger partial charge is 0.246 e. The van der Waals surface area contributed by atoms with Gasteiger partial charge in [-0.15, -0.1) is 11.3 Å². The summed E-state index contributed by atoms with van der Waals surface area (Å²) in [5.74, 6) is -2.17. The molecule has 0 spiro atoms. The van der Waals surface area contributed by atoms with E-state index in [1.165, 1.54) is 6.07 Å². The van der Waals surface area contributed by atoms with E-state index >= 15 is 0 Å². The van der Waals surface area contributed by atoms with E-state index < -0.39 is 29.3 Å². The van der Waals surface area contributed by atoms with Gasteiger partial charge < -0.3 is 10.6 Å². The van der Waals surface area contributed by atoms with Crippen molar-refractivity contribution in [3.05, 3.63) is 78.4 Å². The lowest BCUT2D eigenvalue weighted by atomic mass is 10.2. The van der Waals surface area contributed by atoms with E-state index in [-0.39, 0.29) is 0 Å². The van der Waals surface area contributed by atoms with E-state index in [0.29, 0.717) is 5.69 Å². The predicted octanol–water partition coefficient (Wildman–Crippen LogP) is 5.68. The Kier molecular flexibility index (Phi) is 5.22. The second-order valence-corrected chi connectivity index (χ2v) is 7.55. The molecule has 0 saturated heterocycles. The number of hydrogen-bond donors (Lipinski definition) is 2. The van der Waals surface area contributed by atoms with Crippen LogP contribution in [0, 0.1) is 11.6 Å². The van der Waals surface area contributed by atoms with Crippen molar-refractivity contribution in [1.82, 2.24) is 4.98 Å². The molecule has 0 aliphatic carbocycles.